The average Bonchev–Trinajstić information content (AvgIpc) is 2.77. The molecule has 2 rings (SSSR count). The van der Waals surface area contributed by atoms with Gasteiger partial charge < -0.3 is 20.1 Å². The van der Waals surface area contributed by atoms with Crippen molar-refractivity contribution in [1.82, 2.24) is 9.55 Å². The lowest BCUT2D eigenvalue weighted by molar-refractivity contribution is 0.0521. The zero-order valence-corrected chi connectivity index (χ0v) is 12.1. The van der Waals surface area contributed by atoms with Crippen LogP contribution in [0.5, 0.6) is 0 Å². The van der Waals surface area contributed by atoms with Gasteiger partial charge in [0.2, 0.25) is 0 Å². The van der Waals surface area contributed by atoms with Gasteiger partial charge in [-0.05, 0) is 32.6 Å². The molecule has 1 aromatic heterocycles. The normalized spacial score (nSPS) is 22.8. The number of aliphatic hydroxyl groups is 1. The van der Waals surface area contributed by atoms with Gasteiger partial charge in [-0.25, -0.2) is 9.78 Å². The second-order valence-electron chi connectivity index (χ2n) is 5.17. The van der Waals surface area contributed by atoms with Crippen LogP contribution in [-0.4, -0.2) is 33.3 Å². The molecular weight excluding hydrogens is 258 g/mol. The van der Waals surface area contributed by atoms with Crippen molar-refractivity contribution >= 4 is 11.8 Å². The first-order chi connectivity index (χ1) is 9.58. The minimum absolute atomic E-state index is 0.212. The maximum atomic E-state index is 11.9. The summed E-state index contributed by atoms with van der Waals surface area (Å²) in [6, 6.07) is 0.212. The van der Waals surface area contributed by atoms with Crippen molar-refractivity contribution in [1.29, 1.82) is 0 Å². The van der Waals surface area contributed by atoms with E-state index >= 15 is 0 Å². The third-order valence-corrected chi connectivity index (χ3v) is 3.84. The van der Waals surface area contributed by atoms with E-state index in [1.54, 1.807) is 6.92 Å². The summed E-state index contributed by atoms with van der Waals surface area (Å²) >= 11 is 0. The van der Waals surface area contributed by atoms with E-state index in [4.69, 9.17) is 10.5 Å². The van der Waals surface area contributed by atoms with Crippen molar-refractivity contribution < 1.29 is 14.6 Å². The average molecular weight is 281 g/mol. The van der Waals surface area contributed by atoms with Gasteiger partial charge in [0.25, 0.3) is 0 Å². The number of hydrogen-bond donors (Lipinski definition) is 2. The highest BCUT2D eigenvalue weighted by Gasteiger charge is 2.28. The lowest BCUT2D eigenvalue weighted by Crippen LogP contribution is -2.23. The van der Waals surface area contributed by atoms with Gasteiger partial charge in [-0.3, -0.25) is 0 Å². The molecule has 1 aliphatic rings. The first-order valence-electron chi connectivity index (χ1n) is 7.30. The number of anilines is 1. The summed E-state index contributed by atoms with van der Waals surface area (Å²) < 4.78 is 6.95. The largest absolute Gasteiger partial charge is 0.461 e. The predicted molar refractivity (Wildman–Crippen MR) is 75.5 cm³/mol. The van der Waals surface area contributed by atoms with Crippen LogP contribution in [0.1, 0.15) is 61.9 Å². The Bertz CT molecular complexity index is 476. The fourth-order valence-electron chi connectivity index (χ4n) is 2.82. The van der Waals surface area contributed by atoms with Crippen molar-refractivity contribution in [3.05, 3.63) is 11.5 Å². The van der Waals surface area contributed by atoms with Crippen LogP contribution in [0.4, 0.5) is 5.82 Å². The number of rotatable bonds is 4. The van der Waals surface area contributed by atoms with Gasteiger partial charge >= 0.3 is 5.97 Å². The standard InChI is InChI=1S/C14H23N3O3/c1-3-11-16-12(14(19)20-4-2)13(15)17(11)9-5-7-10(18)8-6-9/h9-10,18H,3-8,15H2,1-2H3. The van der Waals surface area contributed by atoms with Crippen LogP contribution in [0.15, 0.2) is 0 Å². The van der Waals surface area contributed by atoms with Gasteiger partial charge in [0.15, 0.2) is 5.69 Å². The van der Waals surface area contributed by atoms with Gasteiger partial charge in [-0.1, -0.05) is 6.92 Å². The lowest BCUT2D eigenvalue weighted by atomic mass is 9.93. The van der Waals surface area contributed by atoms with E-state index in [-0.39, 0.29) is 17.8 Å². The molecule has 0 saturated heterocycles. The van der Waals surface area contributed by atoms with E-state index in [1.165, 1.54) is 0 Å². The number of hydrogen-bond acceptors (Lipinski definition) is 5. The molecule has 20 heavy (non-hydrogen) atoms. The number of ether oxygens (including phenoxy) is 1. The van der Waals surface area contributed by atoms with Crippen LogP contribution in [-0.2, 0) is 11.2 Å². The number of nitrogens with two attached hydrogens (primary N) is 1. The third-order valence-electron chi connectivity index (χ3n) is 3.84. The quantitative estimate of drug-likeness (QED) is 0.819. The fourth-order valence-corrected chi connectivity index (χ4v) is 2.82. The Morgan fingerprint density at radius 1 is 1.40 bits per heavy atom. The molecule has 0 bridgehead atoms. The predicted octanol–water partition coefficient (Wildman–Crippen LogP) is 1.68. The summed E-state index contributed by atoms with van der Waals surface area (Å²) in [5.74, 6) is 0.739. The number of nitrogens with zero attached hydrogens (tertiary/aromatic N) is 2. The summed E-state index contributed by atoms with van der Waals surface area (Å²) in [5, 5.41) is 9.60. The summed E-state index contributed by atoms with van der Waals surface area (Å²) in [7, 11) is 0. The van der Waals surface area contributed by atoms with Gasteiger partial charge in [0.1, 0.15) is 11.6 Å². The molecular formula is C14H23N3O3. The van der Waals surface area contributed by atoms with Crippen LogP contribution < -0.4 is 5.73 Å². The SMILES string of the molecule is CCOC(=O)c1nc(CC)n(C2CCC(O)CC2)c1N. The molecule has 0 radical (unpaired) electrons. The zero-order valence-electron chi connectivity index (χ0n) is 12.1. The van der Waals surface area contributed by atoms with Gasteiger partial charge in [-0.15, -0.1) is 0 Å². The van der Waals surface area contributed by atoms with E-state index in [1.807, 2.05) is 11.5 Å². The topological polar surface area (TPSA) is 90.4 Å². The molecule has 1 fully saturated rings. The number of nitrogen functional groups attached to an aromatic ring is 1. The molecule has 0 atom stereocenters. The lowest BCUT2D eigenvalue weighted by Gasteiger charge is -2.28. The number of esters is 1. The van der Waals surface area contributed by atoms with E-state index in [0.717, 1.165) is 31.5 Å². The minimum atomic E-state index is -0.464. The Hall–Kier alpha value is -1.56. The molecule has 1 saturated carbocycles. The maximum absolute atomic E-state index is 11.9. The Kier molecular flexibility index (Phi) is 4.65. The minimum Gasteiger partial charge on any atom is -0.461 e. The van der Waals surface area contributed by atoms with Crippen LogP contribution in [0.25, 0.3) is 0 Å². The molecule has 6 nitrogen and oxygen atoms in total. The first kappa shape index (κ1) is 14.8. The first-order valence-corrected chi connectivity index (χ1v) is 7.30. The van der Waals surface area contributed by atoms with Crippen molar-refractivity contribution in [3.8, 4) is 0 Å². The smallest absolute Gasteiger partial charge is 0.360 e. The number of carbonyl (C=O) groups is 1. The van der Waals surface area contributed by atoms with E-state index in [0.29, 0.717) is 18.8 Å². The summed E-state index contributed by atoms with van der Waals surface area (Å²) in [5.41, 5.74) is 6.33. The molecule has 0 aromatic carbocycles. The summed E-state index contributed by atoms with van der Waals surface area (Å²) in [6.45, 7) is 4.06. The molecule has 3 N–H and O–H groups in total. The second-order valence-corrected chi connectivity index (χ2v) is 5.17. The number of aliphatic hydroxyl groups excluding tert-OH is 1. The Balaban J connectivity index is 2.30. The van der Waals surface area contributed by atoms with Crippen molar-refractivity contribution in [2.45, 2.75) is 58.1 Å². The monoisotopic (exact) mass is 281 g/mol. The summed E-state index contributed by atoms with van der Waals surface area (Å²) in [6.07, 6.45) is 3.74. The highest BCUT2D eigenvalue weighted by Crippen LogP contribution is 2.33. The summed E-state index contributed by atoms with van der Waals surface area (Å²) in [4.78, 5) is 16.2. The van der Waals surface area contributed by atoms with Gasteiger partial charge in [0.05, 0.1) is 12.7 Å². The van der Waals surface area contributed by atoms with E-state index in [2.05, 4.69) is 4.98 Å². The van der Waals surface area contributed by atoms with Crippen molar-refractivity contribution in [2.24, 2.45) is 0 Å². The van der Waals surface area contributed by atoms with Crippen LogP contribution in [0.3, 0.4) is 0 Å². The second kappa shape index (κ2) is 6.26. The van der Waals surface area contributed by atoms with Gasteiger partial charge in [0, 0.05) is 12.5 Å². The number of carbonyl (C=O) groups excluding carboxylic acids is 1. The molecule has 1 aliphatic carbocycles. The molecule has 112 valence electrons. The van der Waals surface area contributed by atoms with Crippen molar-refractivity contribution in [3.63, 3.8) is 0 Å². The van der Waals surface area contributed by atoms with Gasteiger partial charge in [-0.2, -0.15) is 0 Å². The Morgan fingerprint density at radius 3 is 2.60 bits per heavy atom. The Morgan fingerprint density at radius 2 is 2.05 bits per heavy atom. The molecule has 0 unspecified atom stereocenters. The highest BCUT2D eigenvalue weighted by molar-refractivity contribution is 5.92. The van der Waals surface area contributed by atoms with Crippen molar-refractivity contribution in [2.75, 3.05) is 12.3 Å². The van der Waals surface area contributed by atoms with Crippen LogP contribution >= 0.6 is 0 Å². The van der Waals surface area contributed by atoms with E-state index < -0.39 is 5.97 Å². The molecule has 1 heterocycles. The molecule has 0 amide bonds. The van der Waals surface area contributed by atoms with E-state index in [9.17, 15) is 9.90 Å². The van der Waals surface area contributed by atoms with Crippen LogP contribution in [0.2, 0.25) is 0 Å². The maximum Gasteiger partial charge on any atom is 0.360 e. The molecule has 6 heteroatoms. The number of imidazole rings is 1. The number of aryl methyl sites for hydroxylation is 1. The Labute approximate surface area is 118 Å². The third kappa shape index (κ3) is 2.80. The number of aromatic nitrogens is 2. The molecule has 0 spiro atoms. The molecule has 0 aliphatic heterocycles. The molecule has 1 aromatic rings. The highest BCUT2D eigenvalue weighted by atomic mass is 16.5. The van der Waals surface area contributed by atoms with Crippen LogP contribution in [0, 0.1) is 0 Å². The fraction of sp³-hybridized carbons (Fsp3) is 0.714. The zero-order chi connectivity index (χ0) is 14.7.